The Labute approximate surface area is 118 Å². The molecule has 2 aromatic rings. The normalized spacial score (nSPS) is 10.6. The van der Waals surface area contributed by atoms with Gasteiger partial charge in [-0.05, 0) is 36.2 Å². The van der Waals surface area contributed by atoms with Gasteiger partial charge in [-0.15, -0.1) is 11.3 Å². The Morgan fingerprint density at radius 3 is 2.63 bits per heavy atom. The standard InChI is InChI=1S/C15H19NO2S/c1-16-11-13-4-6-14(7-5-13)18-9-8-17-12-15-3-2-10-19-15/h2-7,10,16H,8-9,11-12H2,1H3. The number of rotatable bonds is 8. The summed E-state index contributed by atoms with van der Waals surface area (Å²) in [7, 11) is 1.94. The van der Waals surface area contributed by atoms with E-state index in [1.807, 2.05) is 25.2 Å². The van der Waals surface area contributed by atoms with Crippen LogP contribution in [0.4, 0.5) is 0 Å². The van der Waals surface area contributed by atoms with Gasteiger partial charge in [0.1, 0.15) is 12.4 Å². The quantitative estimate of drug-likeness (QED) is 0.752. The lowest BCUT2D eigenvalue weighted by molar-refractivity contribution is 0.0905. The van der Waals surface area contributed by atoms with Crippen LogP contribution >= 0.6 is 11.3 Å². The molecule has 0 fully saturated rings. The molecular weight excluding hydrogens is 258 g/mol. The highest BCUT2D eigenvalue weighted by Crippen LogP contribution is 2.12. The third kappa shape index (κ3) is 5.03. The van der Waals surface area contributed by atoms with Crippen LogP contribution in [0.25, 0.3) is 0 Å². The largest absolute Gasteiger partial charge is 0.491 e. The molecule has 0 aliphatic rings. The zero-order valence-corrected chi connectivity index (χ0v) is 11.9. The summed E-state index contributed by atoms with van der Waals surface area (Å²) in [5.41, 5.74) is 1.25. The molecule has 1 N–H and O–H groups in total. The summed E-state index contributed by atoms with van der Waals surface area (Å²) < 4.78 is 11.2. The summed E-state index contributed by atoms with van der Waals surface area (Å²) in [5.74, 6) is 0.888. The number of thiophene rings is 1. The zero-order chi connectivity index (χ0) is 13.3. The molecule has 0 saturated heterocycles. The van der Waals surface area contributed by atoms with Gasteiger partial charge in [0.05, 0.1) is 13.2 Å². The van der Waals surface area contributed by atoms with Gasteiger partial charge in [0.15, 0.2) is 0 Å². The van der Waals surface area contributed by atoms with E-state index in [-0.39, 0.29) is 0 Å². The predicted molar refractivity (Wildman–Crippen MR) is 78.7 cm³/mol. The second-order valence-electron chi connectivity index (χ2n) is 4.15. The highest BCUT2D eigenvalue weighted by Gasteiger charge is 1.96. The predicted octanol–water partition coefficient (Wildman–Crippen LogP) is 3.06. The van der Waals surface area contributed by atoms with Gasteiger partial charge in [-0.25, -0.2) is 0 Å². The minimum Gasteiger partial charge on any atom is -0.491 e. The molecule has 1 aromatic carbocycles. The summed E-state index contributed by atoms with van der Waals surface area (Å²) in [6, 6.07) is 12.2. The summed E-state index contributed by atoms with van der Waals surface area (Å²) in [5, 5.41) is 5.17. The molecule has 0 aliphatic heterocycles. The monoisotopic (exact) mass is 277 g/mol. The summed E-state index contributed by atoms with van der Waals surface area (Å²) in [6.45, 7) is 2.74. The highest BCUT2D eigenvalue weighted by atomic mass is 32.1. The molecule has 0 atom stereocenters. The molecule has 0 bridgehead atoms. The van der Waals surface area contributed by atoms with Crippen molar-refractivity contribution in [3.05, 3.63) is 52.2 Å². The fourth-order valence-corrected chi connectivity index (χ4v) is 2.33. The Morgan fingerprint density at radius 2 is 1.95 bits per heavy atom. The Balaban J connectivity index is 1.62. The SMILES string of the molecule is CNCc1ccc(OCCOCc2cccs2)cc1. The van der Waals surface area contributed by atoms with Crippen LogP contribution in [0, 0.1) is 0 Å². The molecule has 0 saturated carbocycles. The molecule has 0 spiro atoms. The topological polar surface area (TPSA) is 30.5 Å². The summed E-state index contributed by atoms with van der Waals surface area (Å²) in [4.78, 5) is 1.25. The number of hydrogen-bond donors (Lipinski definition) is 1. The van der Waals surface area contributed by atoms with Crippen molar-refractivity contribution in [3.8, 4) is 5.75 Å². The van der Waals surface area contributed by atoms with Gasteiger partial charge >= 0.3 is 0 Å². The van der Waals surface area contributed by atoms with Crippen LogP contribution in [0.1, 0.15) is 10.4 Å². The van der Waals surface area contributed by atoms with Gasteiger partial charge in [0.25, 0.3) is 0 Å². The smallest absolute Gasteiger partial charge is 0.119 e. The lowest BCUT2D eigenvalue weighted by Crippen LogP contribution is -2.07. The average Bonchev–Trinajstić information content (AvgIpc) is 2.94. The van der Waals surface area contributed by atoms with E-state index in [1.54, 1.807) is 11.3 Å². The number of nitrogens with one attached hydrogen (secondary N) is 1. The first kappa shape index (κ1) is 14.1. The fraction of sp³-hybridized carbons (Fsp3) is 0.333. The summed E-state index contributed by atoms with van der Waals surface area (Å²) >= 11 is 1.71. The summed E-state index contributed by atoms with van der Waals surface area (Å²) in [6.07, 6.45) is 0. The lowest BCUT2D eigenvalue weighted by atomic mass is 10.2. The Bertz CT molecular complexity index is 454. The van der Waals surface area contributed by atoms with E-state index in [2.05, 4.69) is 28.9 Å². The van der Waals surface area contributed by atoms with Gasteiger partial charge in [-0.3, -0.25) is 0 Å². The van der Waals surface area contributed by atoms with E-state index in [4.69, 9.17) is 9.47 Å². The van der Waals surface area contributed by atoms with Crippen LogP contribution in [0.15, 0.2) is 41.8 Å². The molecule has 0 radical (unpaired) electrons. The molecule has 0 unspecified atom stereocenters. The van der Waals surface area contributed by atoms with Crippen molar-refractivity contribution >= 4 is 11.3 Å². The van der Waals surface area contributed by atoms with Gasteiger partial charge in [-0.1, -0.05) is 18.2 Å². The van der Waals surface area contributed by atoms with Crippen LogP contribution in [0.5, 0.6) is 5.75 Å². The van der Waals surface area contributed by atoms with Crippen molar-refractivity contribution in [2.45, 2.75) is 13.2 Å². The molecule has 102 valence electrons. The maximum Gasteiger partial charge on any atom is 0.119 e. The van der Waals surface area contributed by atoms with E-state index in [9.17, 15) is 0 Å². The molecule has 2 rings (SSSR count). The van der Waals surface area contributed by atoms with E-state index in [0.29, 0.717) is 19.8 Å². The lowest BCUT2D eigenvalue weighted by Gasteiger charge is -2.07. The van der Waals surface area contributed by atoms with E-state index >= 15 is 0 Å². The first-order valence-electron chi connectivity index (χ1n) is 6.35. The molecule has 1 heterocycles. The van der Waals surface area contributed by atoms with Crippen LogP contribution in [-0.4, -0.2) is 20.3 Å². The Kier molecular flexibility index (Phi) is 5.88. The average molecular weight is 277 g/mol. The van der Waals surface area contributed by atoms with Gasteiger partial charge in [-0.2, -0.15) is 0 Å². The van der Waals surface area contributed by atoms with Crippen molar-refractivity contribution < 1.29 is 9.47 Å². The third-order valence-corrected chi connectivity index (χ3v) is 3.47. The second kappa shape index (κ2) is 7.94. The molecule has 19 heavy (non-hydrogen) atoms. The maximum absolute atomic E-state index is 5.62. The van der Waals surface area contributed by atoms with E-state index < -0.39 is 0 Å². The van der Waals surface area contributed by atoms with Crippen LogP contribution in [-0.2, 0) is 17.9 Å². The van der Waals surface area contributed by atoms with Crippen molar-refractivity contribution in [1.29, 1.82) is 0 Å². The van der Waals surface area contributed by atoms with Crippen molar-refractivity contribution in [1.82, 2.24) is 5.32 Å². The van der Waals surface area contributed by atoms with Gasteiger partial charge in [0, 0.05) is 11.4 Å². The van der Waals surface area contributed by atoms with E-state index in [0.717, 1.165) is 12.3 Å². The molecule has 1 aromatic heterocycles. The van der Waals surface area contributed by atoms with Crippen molar-refractivity contribution in [2.75, 3.05) is 20.3 Å². The minimum absolute atomic E-state index is 0.580. The van der Waals surface area contributed by atoms with Crippen LogP contribution in [0.3, 0.4) is 0 Å². The minimum atomic E-state index is 0.580. The van der Waals surface area contributed by atoms with Crippen LogP contribution < -0.4 is 10.1 Å². The molecule has 3 nitrogen and oxygen atoms in total. The maximum atomic E-state index is 5.62. The zero-order valence-electron chi connectivity index (χ0n) is 11.1. The molecule has 0 aliphatic carbocycles. The Morgan fingerprint density at radius 1 is 1.11 bits per heavy atom. The third-order valence-electron chi connectivity index (χ3n) is 2.63. The Hall–Kier alpha value is -1.36. The highest BCUT2D eigenvalue weighted by molar-refractivity contribution is 7.09. The number of ether oxygens (including phenoxy) is 2. The first-order chi connectivity index (χ1) is 9.38. The molecular formula is C15H19NO2S. The van der Waals surface area contributed by atoms with Crippen molar-refractivity contribution in [3.63, 3.8) is 0 Å². The second-order valence-corrected chi connectivity index (χ2v) is 5.19. The van der Waals surface area contributed by atoms with Gasteiger partial charge < -0.3 is 14.8 Å². The molecule has 4 heteroatoms. The van der Waals surface area contributed by atoms with Crippen LogP contribution in [0.2, 0.25) is 0 Å². The fourth-order valence-electron chi connectivity index (χ4n) is 1.69. The number of benzene rings is 1. The number of hydrogen-bond acceptors (Lipinski definition) is 4. The first-order valence-corrected chi connectivity index (χ1v) is 7.23. The molecule has 0 amide bonds. The van der Waals surface area contributed by atoms with Gasteiger partial charge in [0.2, 0.25) is 0 Å². The van der Waals surface area contributed by atoms with Crippen molar-refractivity contribution in [2.24, 2.45) is 0 Å². The van der Waals surface area contributed by atoms with E-state index in [1.165, 1.54) is 10.4 Å².